The molecule has 1 aromatic rings. The highest BCUT2D eigenvalue weighted by atomic mass is 32.2. The van der Waals surface area contributed by atoms with E-state index < -0.39 is 10.0 Å². The van der Waals surface area contributed by atoms with Crippen molar-refractivity contribution in [2.45, 2.75) is 24.8 Å². The quantitative estimate of drug-likeness (QED) is 0.837. The lowest BCUT2D eigenvalue weighted by Gasteiger charge is -2.49. The number of hydrogen-bond acceptors (Lipinski definition) is 3. The molecular formula is C14H20N2O2S. The predicted molar refractivity (Wildman–Crippen MR) is 75.5 cm³/mol. The maximum atomic E-state index is 12.2. The molecule has 0 radical (unpaired) electrons. The lowest BCUT2D eigenvalue weighted by molar-refractivity contribution is 0.125. The minimum atomic E-state index is -3.17. The van der Waals surface area contributed by atoms with Gasteiger partial charge in [0.15, 0.2) is 0 Å². The van der Waals surface area contributed by atoms with Crippen molar-refractivity contribution in [3.63, 3.8) is 0 Å². The molecule has 2 heterocycles. The van der Waals surface area contributed by atoms with Crippen LogP contribution in [0, 0.1) is 0 Å². The molecule has 5 heteroatoms. The average molecular weight is 280 g/mol. The van der Waals surface area contributed by atoms with Crippen molar-refractivity contribution < 1.29 is 8.42 Å². The van der Waals surface area contributed by atoms with Crippen LogP contribution in [-0.4, -0.2) is 38.6 Å². The van der Waals surface area contributed by atoms with E-state index in [2.05, 4.69) is 17.4 Å². The van der Waals surface area contributed by atoms with Crippen molar-refractivity contribution in [2.24, 2.45) is 0 Å². The summed E-state index contributed by atoms with van der Waals surface area (Å²) in [7, 11) is -3.17. The Bertz CT molecular complexity index is 577. The molecule has 1 spiro atoms. The number of nitrogens with one attached hydrogen (secondary N) is 1. The van der Waals surface area contributed by atoms with Gasteiger partial charge in [-0.25, -0.2) is 8.42 Å². The minimum Gasteiger partial charge on any atom is -0.317 e. The van der Waals surface area contributed by atoms with Crippen LogP contribution in [0.5, 0.6) is 0 Å². The zero-order valence-corrected chi connectivity index (χ0v) is 12.0. The smallest absolute Gasteiger partial charge is 0.212 e. The van der Waals surface area contributed by atoms with E-state index in [1.807, 2.05) is 12.1 Å². The normalized spacial score (nSPS) is 23.2. The minimum absolute atomic E-state index is 0.326. The van der Waals surface area contributed by atoms with Gasteiger partial charge in [-0.05, 0) is 43.5 Å². The zero-order valence-electron chi connectivity index (χ0n) is 11.2. The topological polar surface area (TPSA) is 49.4 Å². The van der Waals surface area contributed by atoms with Crippen LogP contribution in [0.4, 0.5) is 0 Å². The van der Waals surface area contributed by atoms with Gasteiger partial charge in [-0.3, -0.25) is 0 Å². The number of nitrogens with zero attached hydrogens (tertiary/aromatic N) is 1. The second kappa shape index (κ2) is 4.58. The first-order valence-electron chi connectivity index (χ1n) is 6.81. The van der Waals surface area contributed by atoms with Crippen molar-refractivity contribution in [1.29, 1.82) is 0 Å². The molecule has 19 heavy (non-hydrogen) atoms. The van der Waals surface area contributed by atoms with Gasteiger partial charge >= 0.3 is 0 Å². The lowest BCUT2D eigenvalue weighted by Crippen LogP contribution is -2.57. The van der Waals surface area contributed by atoms with Crippen LogP contribution < -0.4 is 5.32 Å². The van der Waals surface area contributed by atoms with E-state index >= 15 is 0 Å². The number of rotatable bonds is 1. The molecule has 1 aromatic carbocycles. The van der Waals surface area contributed by atoms with Gasteiger partial charge in [-0.15, -0.1) is 0 Å². The molecule has 0 unspecified atom stereocenters. The second-order valence-corrected chi connectivity index (χ2v) is 7.43. The second-order valence-electron chi connectivity index (χ2n) is 5.52. The summed E-state index contributed by atoms with van der Waals surface area (Å²) >= 11 is 0. The van der Waals surface area contributed by atoms with Crippen molar-refractivity contribution in [3.05, 3.63) is 35.4 Å². The third-order valence-corrected chi connectivity index (χ3v) is 5.74. The molecule has 4 nitrogen and oxygen atoms in total. The Morgan fingerprint density at radius 3 is 2.58 bits per heavy atom. The summed E-state index contributed by atoms with van der Waals surface area (Å²) < 4.78 is 26.1. The number of fused-ring (bicyclic) bond motifs is 2. The van der Waals surface area contributed by atoms with Crippen molar-refractivity contribution in [2.75, 3.05) is 25.9 Å². The summed E-state index contributed by atoms with van der Waals surface area (Å²) in [4.78, 5) is 0. The molecule has 104 valence electrons. The van der Waals surface area contributed by atoms with Crippen LogP contribution >= 0.6 is 0 Å². The monoisotopic (exact) mass is 280 g/mol. The van der Waals surface area contributed by atoms with E-state index in [9.17, 15) is 8.42 Å². The maximum absolute atomic E-state index is 12.2. The summed E-state index contributed by atoms with van der Waals surface area (Å²) in [6, 6.07) is 8.31. The van der Waals surface area contributed by atoms with Gasteiger partial charge in [-0.2, -0.15) is 4.31 Å². The molecule has 1 fully saturated rings. The molecule has 0 bridgehead atoms. The van der Waals surface area contributed by atoms with Crippen molar-refractivity contribution in [1.82, 2.24) is 9.62 Å². The number of hydrogen-bond donors (Lipinski definition) is 1. The SMILES string of the molecule is CS(=O)(=O)N1CCc2ccccc2C12CCNCC2. The van der Waals surface area contributed by atoms with Crippen LogP contribution in [0.15, 0.2) is 24.3 Å². The maximum Gasteiger partial charge on any atom is 0.212 e. The van der Waals surface area contributed by atoms with Gasteiger partial charge in [0.25, 0.3) is 0 Å². The average Bonchev–Trinajstić information content (AvgIpc) is 2.39. The van der Waals surface area contributed by atoms with Gasteiger partial charge < -0.3 is 5.32 Å². The van der Waals surface area contributed by atoms with Crippen molar-refractivity contribution >= 4 is 10.0 Å². The summed E-state index contributed by atoms with van der Waals surface area (Å²) in [6.45, 7) is 2.36. The van der Waals surface area contributed by atoms with Gasteiger partial charge in [-0.1, -0.05) is 24.3 Å². The van der Waals surface area contributed by atoms with E-state index in [4.69, 9.17) is 0 Å². The number of benzene rings is 1. The number of sulfonamides is 1. The summed E-state index contributed by atoms with van der Waals surface area (Å²) in [5.41, 5.74) is 2.20. The molecule has 2 aliphatic heterocycles. The Balaban J connectivity index is 2.16. The van der Waals surface area contributed by atoms with E-state index in [1.165, 1.54) is 17.4 Å². The highest BCUT2D eigenvalue weighted by molar-refractivity contribution is 7.88. The zero-order chi connectivity index (χ0) is 13.5. The van der Waals surface area contributed by atoms with E-state index in [1.54, 1.807) is 4.31 Å². The van der Waals surface area contributed by atoms with E-state index in [-0.39, 0.29) is 5.54 Å². The molecule has 3 rings (SSSR count). The Morgan fingerprint density at radius 2 is 1.89 bits per heavy atom. The fourth-order valence-corrected chi connectivity index (χ4v) is 4.94. The Kier molecular flexibility index (Phi) is 3.15. The van der Waals surface area contributed by atoms with Gasteiger partial charge in [0.1, 0.15) is 0 Å². The van der Waals surface area contributed by atoms with E-state index in [0.29, 0.717) is 6.54 Å². The first kappa shape index (κ1) is 13.1. The number of piperidine rings is 1. The predicted octanol–water partition coefficient (Wildman–Crippen LogP) is 1.08. The molecule has 1 saturated heterocycles. The Morgan fingerprint density at radius 1 is 1.21 bits per heavy atom. The van der Waals surface area contributed by atoms with Gasteiger partial charge in [0.05, 0.1) is 11.8 Å². The third-order valence-electron chi connectivity index (χ3n) is 4.41. The molecule has 0 atom stereocenters. The first-order chi connectivity index (χ1) is 9.04. The van der Waals surface area contributed by atoms with Crippen LogP contribution in [0.25, 0.3) is 0 Å². The molecule has 1 N–H and O–H groups in total. The fourth-order valence-electron chi connectivity index (χ4n) is 3.60. The summed E-state index contributed by atoms with van der Waals surface area (Å²) in [5.74, 6) is 0. The highest BCUT2D eigenvalue weighted by Gasteiger charge is 2.47. The van der Waals surface area contributed by atoms with Gasteiger partial charge in [0, 0.05) is 6.54 Å². The molecular weight excluding hydrogens is 260 g/mol. The standard InChI is InChI=1S/C14H20N2O2S/c1-19(17,18)16-11-6-12-4-2-3-5-13(12)14(16)7-9-15-10-8-14/h2-5,15H,6-11H2,1H3. The van der Waals surface area contributed by atoms with Crippen LogP contribution in [0.1, 0.15) is 24.0 Å². The first-order valence-corrected chi connectivity index (χ1v) is 8.66. The molecule has 0 saturated carbocycles. The van der Waals surface area contributed by atoms with Crippen LogP contribution in [-0.2, 0) is 22.0 Å². The van der Waals surface area contributed by atoms with Gasteiger partial charge in [0.2, 0.25) is 10.0 Å². The van der Waals surface area contributed by atoms with E-state index in [0.717, 1.165) is 32.4 Å². The largest absolute Gasteiger partial charge is 0.317 e. The van der Waals surface area contributed by atoms with Crippen LogP contribution in [0.3, 0.4) is 0 Å². The summed E-state index contributed by atoms with van der Waals surface area (Å²) in [5, 5.41) is 3.34. The molecule has 2 aliphatic rings. The highest BCUT2D eigenvalue weighted by Crippen LogP contribution is 2.43. The molecule has 0 aliphatic carbocycles. The summed E-state index contributed by atoms with van der Waals surface area (Å²) in [6.07, 6.45) is 3.87. The van der Waals surface area contributed by atoms with Crippen LogP contribution in [0.2, 0.25) is 0 Å². The molecule has 0 amide bonds. The Labute approximate surface area is 114 Å². The molecule has 0 aromatic heterocycles. The lowest BCUT2D eigenvalue weighted by atomic mass is 9.76. The third kappa shape index (κ3) is 2.10. The fraction of sp³-hybridized carbons (Fsp3) is 0.571. The van der Waals surface area contributed by atoms with Crippen molar-refractivity contribution in [3.8, 4) is 0 Å². The Hall–Kier alpha value is -0.910.